The summed E-state index contributed by atoms with van der Waals surface area (Å²) < 4.78 is 5.14. The zero-order valence-corrected chi connectivity index (χ0v) is 11.6. The third-order valence-electron chi connectivity index (χ3n) is 3.32. The number of benzene rings is 1. The van der Waals surface area contributed by atoms with Crippen molar-refractivity contribution in [1.82, 2.24) is 0 Å². The fourth-order valence-electron chi connectivity index (χ4n) is 2.41. The van der Waals surface area contributed by atoms with E-state index in [1.807, 2.05) is 0 Å². The van der Waals surface area contributed by atoms with Gasteiger partial charge in [-0.25, -0.2) is 4.79 Å². The van der Waals surface area contributed by atoms with Gasteiger partial charge in [-0.15, -0.1) is 11.6 Å². The number of ether oxygens (including phenoxy) is 1. The lowest BCUT2D eigenvalue weighted by Crippen LogP contribution is -2.02. The van der Waals surface area contributed by atoms with Crippen LogP contribution in [0.2, 0.25) is 0 Å². The molecule has 98 valence electrons. The molecule has 0 spiro atoms. The number of hydrogen-bond donors (Lipinski definition) is 0. The molecule has 1 aromatic rings. The Morgan fingerprint density at radius 3 is 2.83 bits per heavy atom. The summed E-state index contributed by atoms with van der Waals surface area (Å²) in [6, 6.07) is 4.26. The van der Waals surface area contributed by atoms with Crippen LogP contribution in [0.3, 0.4) is 0 Å². The first-order valence-electron chi connectivity index (χ1n) is 6.64. The molecular formula is C15H19ClO2. The number of cyclic esters (lactones) is 1. The van der Waals surface area contributed by atoms with Crippen LogP contribution in [-0.2, 0) is 24.2 Å². The molecule has 0 bridgehead atoms. The van der Waals surface area contributed by atoms with E-state index in [1.54, 1.807) is 0 Å². The Balaban J connectivity index is 2.29. The Kier molecular flexibility index (Phi) is 4.65. The van der Waals surface area contributed by atoms with Crippen LogP contribution in [0.5, 0.6) is 0 Å². The highest BCUT2D eigenvalue weighted by molar-refractivity contribution is 6.17. The average molecular weight is 267 g/mol. The summed E-state index contributed by atoms with van der Waals surface area (Å²) in [6.45, 7) is 2.60. The fraction of sp³-hybridized carbons (Fsp3) is 0.533. The van der Waals surface area contributed by atoms with Crippen molar-refractivity contribution in [2.45, 2.75) is 45.6 Å². The van der Waals surface area contributed by atoms with Gasteiger partial charge in [0, 0.05) is 11.4 Å². The van der Waals surface area contributed by atoms with Gasteiger partial charge in [-0.2, -0.15) is 0 Å². The Hall–Kier alpha value is -1.02. The molecule has 0 amide bonds. The highest BCUT2D eigenvalue weighted by Crippen LogP contribution is 2.27. The Morgan fingerprint density at radius 1 is 1.28 bits per heavy atom. The SMILES string of the molecule is CCCCc1cc(CCCCl)cc2c1C(=O)OC2. The van der Waals surface area contributed by atoms with E-state index in [0.717, 1.165) is 48.8 Å². The Labute approximate surface area is 113 Å². The first-order valence-corrected chi connectivity index (χ1v) is 7.17. The minimum absolute atomic E-state index is 0.153. The molecular weight excluding hydrogens is 248 g/mol. The molecule has 0 N–H and O–H groups in total. The van der Waals surface area contributed by atoms with Crippen LogP contribution in [0, 0.1) is 0 Å². The van der Waals surface area contributed by atoms with Gasteiger partial charge in [0.25, 0.3) is 0 Å². The van der Waals surface area contributed by atoms with E-state index in [9.17, 15) is 4.79 Å². The van der Waals surface area contributed by atoms with Crippen molar-refractivity contribution in [3.05, 3.63) is 34.4 Å². The van der Waals surface area contributed by atoms with Crippen molar-refractivity contribution < 1.29 is 9.53 Å². The van der Waals surface area contributed by atoms with E-state index in [-0.39, 0.29) is 5.97 Å². The summed E-state index contributed by atoms with van der Waals surface area (Å²) in [5.41, 5.74) is 4.30. The molecule has 0 aromatic heterocycles. The summed E-state index contributed by atoms with van der Waals surface area (Å²) in [4.78, 5) is 11.7. The molecule has 1 aromatic carbocycles. The van der Waals surface area contributed by atoms with Gasteiger partial charge < -0.3 is 4.74 Å². The van der Waals surface area contributed by atoms with E-state index in [0.29, 0.717) is 12.5 Å². The second-order valence-corrected chi connectivity index (χ2v) is 5.14. The van der Waals surface area contributed by atoms with E-state index in [4.69, 9.17) is 16.3 Å². The first-order chi connectivity index (χ1) is 8.76. The van der Waals surface area contributed by atoms with Crippen molar-refractivity contribution >= 4 is 17.6 Å². The van der Waals surface area contributed by atoms with Crippen LogP contribution in [0.15, 0.2) is 12.1 Å². The van der Waals surface area contributed by atoms with Crippen molar-refractivity contribution in [3.63, 3.8) is 0 Å². The van der Waals surface area contributed by atoms with E-state index in [2.05, 4.69) is 19.1 Å². The summed E-state index contributed by atoms with van der Waals surface area (Å²) in [6.07, 6.45) is 5.16. The quantitative estimate of drug-likeness (QED) is 0.577. The van der Waals surface area contributed by atoms with Crippen LogP contribution in [0.25, 0.3) is 0 Å². The first kappa shape index (κ1) is 13.4. The number of unbranched alkanes of at least 4 members (excludes halogenated alkanes) is 1. The zero-order chi connectivity index (χ0) is 13.0. The van der Waals surface area contributed by atoms with Gasteiger partial charge >= 0.3 is 5.97 Å². The standard InChI is InChI=1S/C15H19ClO2/c1-2-3-6-12-8-11(5-4-7-16)9-13-10-18-15(17)14(12)13/h8-9H,2-7,10H2,1H3. The van der Waals surface area contributed by atoms with Crippen LogP contribution in [0.1, 0.15) is 53.2 Å². The molecule has 3 heteroatoms. The lowest BCUT2D eigenvalue weighted by atomic mass is 9.94. The normalized spacial score (nSPS) is 13.6. The smallest absolute Gasteiger partial charge is 0.339 e. The number of hydrogen-bond acceptors (Lipinski definition) is 2. The molecule has 2 nitrogen and oxygen atoms in total. The molecule has 1 aliphatic rings. The third-order valence-corrected chi connectivity index (χ3v) is 3.59. The van der Waals surface area contributed by atoms with Crippen molar-refractivity contribution in [2.75, 3.05) is 5.88 Å². The summed E-state index contributed by atoms with van der Waals surface area (Å²) in [5.74, 6) is 0.525. The van der Waals surface area contributed by atoms with Crippen molar-refractivity contribution in [1.29, 1.82) is 0 Å². The predicted molar refractivity (Wildman–Crippen MR) is 73.2 cm³/mol. The van der Waals surface area contributed by atoms with Gasteiger partial charge in [0.1, 0.15) is 6.61 Å². The highest BCUT2D eigenvalue weighted by Gasteiger charge is 2.25. The van der Waals surface area contributed by atoms with Crippen molar-refractivity contribution in [3.8, 4) is 0 Å². The molecule has 0 fully saturated rings. The van der Waals surface area contributed by atoms with Gasteiger partial charge in [0.15, 0.2) is 0 Å². The number of esters is 1. The maximum atomic E-state index is 11.7. The Morgan fingerprint density at radius 2 is 2.11 bits per heavy atom. The number of carbonyl (C=O) groups excluding carboxylic acids is 1. The maximum Gasteiger partial charge on any atom is 0.339 e. The van der Waals surface area contributed by atoms with Gasteiger partial charge in [0.2, 0.25) is 0 Å². The van der Waals surface area contributed by atoms with Crippen LogP contribution >= 0.6 is 11.6 Å². The van der Waals surface area contributed by atoms with Crippen LogP contribution in [-0.4, -0.2) is 11.8 Å². The number of halogens is 1. The van der Waals surface area contributed by atoms with Crippen LogP contribution < -0.4 is 0 Å². The number of carbonyl (C=O) groups is 1. The summed E-state index contributed by atoms with van der Waals surface area (Å²) in [5, 5.41) is 0. The third kappa shape index (κ3) is 2.86. The Bertz CT molecular complexity index is 440. The second-order valence-electron chi connectivity index (χ2n) is 4.76. The molecule has 0 atom stereocenters. The lowest BCUT2D eigenvalue weighted by molar-refractivity contribution is 0.0534. The number of aryl methyl sites for hydroxylation is 2. The molecule has 1 aliphatic heterocycles. The maximum absolute atomic E-state index is 11.7. The molecule has 1 heterocycles. The molecule has 18 heavy (non-hydrogen) atoms. The predicted octanol–water partition coefficient (Wildman–Crippen LogP) is 3.87. The van der Waals surface area contributed by atoms with Crippen molar-refractivity contribution in [2.24, 2.45) is 0 Å². The lowest BCUT2D eigenvalue weighted by Gasteiger charge is -2.09. The van der Waals surface area contributed by atoms with Crippen LogP contribution in [0.4, 0.5) is 0 Å². The average Bonchev–Trinajstić information content (AvgIpc) is 2.75. The molecule has 0 saturated carbocycles. The largest absolute Gasteiger partial charge is 0.457 e. The van der Waals surface area contributed by atoms with Gasteiger partial charge in [-0.1, -0.05) is 25.5 Å². The van der Waals surface area contributed by atoms with Gasteiger partial charge in [0.05, 0.1) is 5.56 Å². The van der Waals surface area contributed by atoms with E-state index < -0.39 is 0 Å². The summed E-state index contributed by atoms with van der Waals surface area (Å²) >= 11 is 5.74. The summed E-state index contributed by atoms with van der Waals surface area (Å²) in [7, 11) is 0. The van der Waals surface area contributed by atoms with E-state index in [1.165, 1.54) is 5.56 Å². The highest BCUT2D eigenvalue weighted by atomic mass is 35.5. The number of fused-ring (bicyclic) bond motifs is 1. The second kappa shape index (κ2) is 6.24. The van der Waals surface area contributed by atoms with Gasteiger partial charge in [-0.3, -0.25) is 0 Å². The molecule has 0 aliphatic carbocycles. The minimum atomic E-state index is -0.153. The molecule has 0 radical (unpaired) electrons. The molecule has 2 rings (SSSR count). The number of rotatable bonds is 6. The monoisotopic (exact) mass is 266 g/mol. The van der Waals surface area contributed by atoms with Gasteiger partial charge in [-0.05, 0) is 36.8 Å². The minimum Gasteiger partial charge on any atom is -0.457 e. The molecule has 0 saturated heterocycles. The fourth-order valence-corrected chi connectivity index (χ4v) is 2.54. The van der Waals surface area contributed by atoms with E-state index >= 15 is 0 Å². The topological polar surface area (TPSA) is 26.3 Å². The number of alkyl halides is 1. The zero-order valence-electron chi connectivity index (χ0n) is 10.8. The molecule has 0 unspecified atom stereocenters.